The van der Waals surface area contributed by atoms with Crippen LogP contribution in [0.4, 0.5) is 18.9 Å². The number of halogens is 4. The van der Waals surface area contributed by atoms with Crippen molar-refractivity contribution in [3.63, 3.8) is 0 Å². The molecule has 0 spiro atoms. The number of rotatable bonds is 2. The lowest BCUT2D eigenvalue weighted by atomic mass is 10.1. The zero-order valence-electron chi connectivity index (χ0n) is 12.3. The molecule has 1 aliphatic heterocycles. The fraction of sp³-hybridized carbons (Fsp3) is 0.286. The zero-order chi connectivity index (χ0) is 18.3. The molecule has 1 aliphatic rings. The Morgan fingerprint density at radius 2 is 1.92 bits per heavy atom. The van der Waals surface area contributed by atoms with Gasteiger partial charge in [0, 0.05) is 19.5 Å². The molecule has 0 radical (unpaired) electrons. The summed E-state index contributed by atoms with van der Waals surface area (Å²) in [5.41, 5.74) is -2.01. The first kappa shape index (κ1) is 17.9. The molecule has 2 rings (SSSR count). The smallest absolute Gasteiger partial charge is 0.417 e. The van der Waals surface area contributed by atoms with Crippen LogP contribution in [0.1, 0.15) is 19.4 Å². The van der Waals surface area contributed by atoms with Gasteiger partial charge in [0.2, 0.25) is 5.57 Å². The van der Waals surface area contributed by atoms with Crippen LogP contribution >= 0.6 is 11.6 Å². The molecule has 10 heteroatoms. The summed E-state index contributed by atoms with van der Waals surface area (Å²) >= 11 is 5.53. The van der Waals surface area contributed by atoms with Crippen LogP contribution in [0.3, 0.4) is 0 Å². The molecule has 0 bridgehead atoms. The van der Waals surface area contributed by atoms with E-state index in [9.17, 15) is 27.9 Å². The van der Waals surface area contributed by atoms with Gasteiger partial charge in [-0.3, -0.25) is 4.79 Å². The van der Waals surface area contributed by atoms with Gasteiger partial charge in [-0.2, -0.15) is 13.2 Å². The monoisotopic (exact) mass is 365 g/mol. The maximum absolute atomic E-state index is 12.6. The van der Waals surface area contributed by atoms with Gasteiger partial charge in [-0.1, -0.05) is 11.6 Å². The number of aliphatic hydroxyl groups excluding tert-OH is 1. The van der Waals surface area contributed by atoms with Crippen molar-refractivity contribution < 1.29 is 37.3 Å². The largest absolute Gasteiger partial charge is 0.480 e. The second-order valence-electron chi connectivity index (χ2n) is 5.22. The molecule has 0 fully saturated rings. The second-order valence-corrected chi connectivity index (χ2v) is 5.63. The number of carbonyl (C=O) groups excluding carboxylic acids is 2. The molecular formula is C14H11ClF3NO5. The van der Waals surface area contributed by atoms with Crippen LogP contribution < -0.4 is 5.32 Å². The van der Waals surface area contributed by atoms with Crippen molar-refractivity contribution in [2.45, 2.75) is 25.8 Å². The average Bonchev–Trinajstić information content (AvgIpc) is 2.34. The highest BCUT2D eigenvalue weighted by Gasteiger charge is 2.40. The fourth-order valence-corrected chi connectivity index (χ4v) is 2.16. The molecule has 1 heterocycles. The molecule has 0 aliphatic carbocycles. The summed E-state index contributed by atoms with van der Waals surface area (Å²) in [6.45, 7) is 2.68. The minimum Gasteiger partial charge on any atom is -0.480 e. The minimum absolute atomic E-state index is 0.115. The van der Waals surface area contributed by atoms with E-state index < -0.39 is 45.9 Å². The van der Waals surface area contributed by atoms with E-state index in [1.807, 2.05) is 0 Å². The van der Waals surface area contributed by atoms with E-state index in [4.69, 9.17) is 21.1 Å². The lowest BCUT2D eigenvalue weighted by Crippen LogP contribution is -2.40. The van der Waals surface area contributed by atoms with E-state index in [1.54, 1.807) is 0 Å². The minimum atomic E-state index is -4.65. The number of alkyl halides is 3. The van der Waals surface area contributed by atoms with Gasteiger partial charge in [0.1, 0.15) is 0 Å². The van der Waals surface area contributed by atoms with Crippen LogP contribution in [0, 0.1) is 0 Å². The summed E-state index contributed by atoms with van der Waals surface area (Å²) in [6.07, 6.45) is -4.65. The Labute approximate surface area is 138 Å². The first-order valence-electron chi connectivity index (χ1n) is 6.44. The van der Waals surface area contributed by atoms with Crippen molar-refractivity contribution in [3.8, 4) is 0 Å². The first-order chi connectivity index (χ1) is 10.9. The summed E-state index contributed by atoms with van der Waals surface area (Å²) in [5, 5.41) is 11.1. The van der Waals surface area contributed by atoms with Crippen molar-refractivity contribution in [1.29, 1.82) is 0 Å². The molecule has 0 saturated carbocycles. The number of benzene rings is 1. The van der Waals surface area contributed by atoms with E-state index in [1.165, 1.54) is 13.8 Å². The van der Waals surface area contributed by atoms with Crippen LogP contribution in [0.25, 0.3) is 0 Å². The van der Waals surface area contributed by atoms with Gasteiger partial charge in [-0.15, -0.1) is 0 Å². The predicted octanol–water partition coefficient (Wildman–Crippen LogP) is 3.38. The number of aliphatic hydroxyl groups is 1. The predicted molar refractivity (Wildman–Crippen MR) is 76.0 cm³/mol. The molecule has 0 atom stereocenters. The molecular weight excluding hydrogens is 355 g/mol. The van der Waals surface area contributed by atoms with E-state index in [2.05, 4.69) is 5.32 Å². The third kappa shape index (κ3) is 3.73. The topological polar surface area (TPSA) is 84.9 Å². The van der Waals surface area contributed by atoms with E-state index in [-0.39, 0.29) is 5.69 Å². The van der Waals surface area contributed by atoms with Crippen molar-refractivity contribution >= 4 is 29.2 Å². The number of ether oxygens (including phenoxy) is 2. The van der Waals surface area contributed by atoms with E-state index >= 15 is 0 Å². The Kier molecular flexibility index (Phi) is 4.40. The van der Waals surface area contributed by atoms with Crippen molar-refractivity contribution in [3.05, 3.63) is 40.3 Å². The molecule has 1 amide bonds. The van der Waals surface area contributed by atoms with Crippen LogP contribution in [-0.4, -0.2) is 22.8 Å². The third-order valence-electron chi connectivity index (χ3n) is 2.86. The summed E-state index contributed by atoms with van der Waals surface area (Å²) in [5.74, 6) is -4.67. The number of anilines is 1. The zero-order valence-corrected chi connectivity index (χ0v) is 13.1. The number of esters is 1. The van der Waals surface area contributed by atoms with Crippen LogP contribution in [0.2, 0.25) is 5.02 Å². The number of hydrogen-bond donors (Lipinski definition) is 2. The number of nitrogens with one attached hydrogen (secondary N) is 1. The van der Waals surface area contributed by atoms with Gasteiger partial charge in [0.05, 0.1) is 10.6 Å². The SMILES string of the molecule is CC1(C)OC(=O)C(C(=O)Nc2ccc(C(F)(F)F)c(Cl)c2)=C(O)O1. The van der Waals surface area contributed by atoms with E-state index in [0.717, 1.165) is 12.1 Å². The maximum atomic E-state index is 12.6. The number of cyclic esters (lactones) is 1. The standard InChI is InChI=1S/C14H11ClF3NO5/c1-13(2)23-11(21)9(12(22)24-13)10(20)19-6-3-4-7(8(15)5-6)14(16,17)18/h3-5,21H,1-2H3,(H,19,20). The van der Waals surface area contributed by atoms with Crippen LogP contribution in [0.5, 0.6) is 0 Å². The Morgan fingerprint density at radius 1 is 1.29 bits per heavy atom. The molecule has 0 saturated heterocycles. The molecule has 2 N–H and O–H groups in total. The highest BCUT2D eigenvalue weighted by Crippen LogP contribution is 2.36. The highest BCUT2D eigenvalue weighted by atomic mass is 35.5. The number of carbonyl (C=O) groups is 2. The first-order valence-corrected chi connectivity index (χ1v) is 6.82. The molecule has 1 aromatic rings. The Morgan fingerprint density at radius 3 is 2.42 bits per heavy atom. The second kappa shape index (κ2) is 5.90. The van der Waals surface area contributed by atoms with Crippen LogP contribution in [0.15, 0.2) is 29.7 Å². The molecule has 0 aromatic heterocycles. The van der Waals surface area contributed by atoms with Gasteiger partial charge in [-0.05, 0) is 18.2 Å². The van der Waals surface area contributed by atoms with Crippen molar-refractivity contribution in [1.82, 2.24) is 0 Å². The van der Waals surface area contributed by atoms with Gasteiger partial charge in [0.15, 0.2) is 0 Å². The van der Waals surface area contributed by atoms with Gasteiger partial charge < -0.3 is 19.9 Å². The average molecular weight is 366 g/mol. The maximum Gasteiger partial charge on any atom is 0.417 e. The van der Waals surface area contributed by atoms with E-state index in [0.29, 0.717) is 6.07 Å². The number of hydrogen-bond acceptors (Lipinski definition) is 5. The van der Waals surface area contributed by atoms with Gasteiger partial charge >= 0.3 is 18.1 Å². The third-order valence-corrected chi connectivity index (χ3v) is 3.17. The molecule has 130 valence electrons. The van der Waals surface area contributed by atoms with Crippen molar-refractivity contribution in [2.75, 3.05) is 5.32 Å². The molecule has 0 unspecified atom stereocenters. The Hall–Kier alpha value is -2.42. The number of amides is 1. The molecule has 6 nitrogen and oxygen atoms in total. The van der Waals surface area contributed by atoms with Crippen molar-refractivity contribution in [2.24, 2.45) is 0 Å². The van der Waals surface area contributed by atoms with Crippen LogP contribution in [-0.2, 0) is 25.2 Å². The summed E-state index contributed by atoms with van der Waals surface area (Å²) < 4.78 is 47.5. The summed E-state index contributed by atoms with van der Waals surface area (Å²) in [7, 11) is 0. The highest BCUT2D eigenvalue weighted by molar-refractivity contribution is 6.32. The lowest BCUT2D eigenvalue weighted by molar-refractivity contribution is -0.221. The Bertz CT molecular complexity index is 742. The van der Waals surface area contributed by atoms with Gasteiger partial charge in [0.25, 0.3) is 11.7 Å². The summed E-state index contributed by atoms with van der Waals surface area (Å²) in [4.78, 5) is 23.8. The fourth-order valence-electron chi connectivity index (χ4n) is 1.87. The molecule has 1 aromatic carbocycles. The van der Waals surface area contributed by atoms with Gasteiger partial charge in [-0.25, -0.2) is 4.79 Å². The Balaban J connectivity index is 2.24. The lowest BCUT2D eigenvalue weighted by Gasteiger charge is -2.30. The molecule has 24 heavy (non-hydrogen) atoms. The normalized spacial score (nSPS) is 17.2. The summed E-state index contributed by atoms with van der Waals surface area (Å²) in [6, 6.07) is 2.48. The quantitative estimate of drug-likeness (QED) is 0.620.